The molecule has 22 heavy (non-hydrogen) atoms. The fourth-order valence-corrected chi connectivity index (χ4v) is 3.66. The van der Waals surface area contributed by atoms with Crippen LogP contribution >= 0.6 is 0 Å². The fraction of sp³-hybridized carbons (Fsp3) is 0.500. The Hall–Kier alpha value is -1.65. The molecule has 1 fully saturated rings. The highest BCUT2D eigenvalue weighted by molar-refractivity contribution is 6.10. The lowest BCUT2D eigenvalue weighted by atomic mass is 10.00. The van der Waals surface area contributed by atoms with Gasteiger partial charge in [0.25, 0.3) is 0 Å². The van der Waals surface area contributed by atoms with Gasteiger partial charge in [-0.1, -0.05) is 18.2 Å². The number of carbonyl (C=O) groups is 1. The lowest BCUT2D eigenvalue weighted by Gasteiger charge is -2.35. The predicted molar refractivity (Wildman–Crippen MR) is 87.5 cm³/mol. The Morgan fingerprint density at radius 2 is 1.91 bits per heavy atom. The first-order valence-corrected chi connectivity index (χ1v) is 8.09. The number of morpholine rings is 1. The second kappa shape index (κ2) is 5.86. The topological polar surface area (TPSA) is 46.5 Å². The second-order valence-corrected chi connectivity index (χ2v) is 6.58. The Balaban J connectivity index is 1.90. The number of hydrogen-bond acceptors (Lipinski definition) is 2. The fourth-order valence-electron chi connectivity index (χ4n) is 3.66. The van der Waals surface area contributed by atoms with Crippen LogP contribution in [0.25, 0.3) is 10.9 Å². The molecule has 0 amide bonds. The number of H-pyrrole nitrogens is 1. The number of quaternary nitrogens is 1. The Bertz CT molecular complexity index is 681. The highest BCUT2D eigenvalue weighted by atomic mass is 16.5. The van der Waals surface area contributed by atoms with E-state index in [9.17, 15) is 4.79 Å². The van der Waals surface area contributed by atoms with Crippen molar-refractivity contribution in [3.63, 3.8) is 0 Å². The molecule has 0 saturated carbocycles. The molecule has 2 aromatic rings. The van der Waals surface area contributed by atoms with Crippen LogP contribution in [0.5, 0.6) is 0 Å². The van der Waals surface area contributed by atoms with Crippen LogP contribution in [0.3, 0.4) is 0 Å². The molecule has 2 N–H and O–H groups in total. The zero-order chi connectivity index (χ0) is 15.9. The largest absolute Gasteiger partial charge is 0.364 e. The molecular formula is C18H25N2O2+. The van der Waals surface area contributed by atoms with E-state index in [1.54, 1.807) is 0 Å². The molecule has 2 heterocycles. The van der Waals surface area contributed by atoms with Gasteiger partial charge in [-0.15, -0.1) is 0 Å². The maximum Gasteiger partial charge on any atom is 0.222 e. The summed E-state index contributed by atoms with van der Waals surface area (Å²) in [5.41, 5.74) is 2.85. The molecule has 4 heteroatoms. The summed E-state index contributed by atoms with van der Waals surface area (Å²) < 4.78 is 5.79. The molecule has 4 atom stereocenters. The molecule has 0 aliphatic carbocycles. The van der Waals surface area contributed by atoms with E-state index in [0.717, 1.165) is 35.2 Å². The van der Waals surface area contributed by atoms with Crippen LogP contribution in [0.2, 0.25) is 0 Å². The van der Waals surface area contributed by atoms with Crippen LogP contribution in [0.4, 0.5) is 0 Å². The summed E-state index contributed by atoms with van der Waals surface area (Å²) in [5, 5.41) is 1.03. The van der Waals surface area contributed by atoms with Crippen molar-refractivity contribution < 1.29 is 14.4 Å². The zero-order valence-electron chi connectivity index (χ0n) is 13.8. The van der Waals surface area contributed by atoms with Gasteiger partial charge in [0, 0.05) is 16.6 Å². The van der Waals surface area contributed by atoms with Crippen LogP contribution in [0.15, 0.2) is 24.3 Å². The normalized spacial score (nSPS) is 27.0. The molecule has 3 rings (SSSR count). The highest BCUT2D eigenvalue weighted by Crippen LogP contribution is 2.22. The van der Waals surface area contributed by atoms with Gasteiger partial charge in [0.05, 0.1) is 5.56 Å². The van der Waals surface area contributed by atoms with Crippen LogP contribution in [0, 0.1) is 6.92 Å². The van der Waals surface area contributed by atoms with Crippen LogP contribution in [-0.4, -0.2) is 42.1 Å². The number of nitrogens with one attached hydrogen (secondary N) is 2. The van der Waals surface area contributed by atoms with Crippen LogP contribution in [-0.2, 0) is 4.74 Å². The van der Waals surface area contributed by atoms with Crippen molar-refractivity contribution in [2.45, 2.75) is 45.9 Å². The first kappa shape index (κ1) is 15.3. The van der Waals surface area contributed by atoms with Gasteiger partial charge in [-0.05, 0) is 33.8 Å². The molecule has 1 aliphatic rings. The summed E-state index contributed by atoms with van der Waals surface area (Å²) in [6.45, 7) is 9.98. The Morgan fingerprint density at radius 3 is 2.59 bits per heavy atom. The lowest BCUT2D eigenvalue weighted by Crippen LogP contribution is -3.19. The number of rotatable bonds is 3. The number of hydrogen-bond donors (Lipinski definition) is 2. The van der Waals surface area contributed by atoms with Crippen molar-refractivity contribution in [3.8, 4) is 0 Å². The Morgan fingerprint density at radius 1 is 1.27 bits per heavy atom. The Kier molecular flexibility index (Phi) is 4.06. The molecule has 118 valence electrons. The quantitative estimate of drug-likeness (QED) is 0.848. The molecule has 0 spiro atoms. The third kappa shape index (κ3) is 2.69. The molecule has 1 aromatic heterocycles. The van der Waals surface area contributed by atoms with E-state index in [-0.39, 0.29) is 24.0 Å². The SMILES string of the molecule is Cc1[nH]c2ccccc2c1C(=O)[C@@H](C)[NH+]1C[C@@H](C)O[C@@H](C)C1. The average Bonchev–Trinajstić information content (AvgIpc) is 2.80. The van der Waals surface area contributed by atoms with Crippen molar-refractivity contribution in [1.82, 2.24) is 4.98 Å². The third-order valence-electron chi connectivity index (χ3n) is 4.71. The molecule has 1 aromatic carbocycles. The maximum atomic E-state index is 13.1. The number of fused-ring (bicyclic) bond motifs is 1. The molecule has 0 bridgehead atoms. The predicted octanol–water partition coefficient (Wildman–Crippen LogP) is 1.74. The van der Waals surface area contributed by atoms with E-state index < -0.39 is 0 Å². The van der Waals surface area contributed by atoms with Crippen molar-refractivity contribution in [2.75, 3.05) is 13.1 Å². The number of carbonyl (C=O) groups excluding carboxylic acids is 1. The van der Waals surface area contributed by atoms with Crippen molar-refractivity contribution in [2.24, 2.45) is 0 Å². The highest BCUT2D eigenvalue weighted by Gasteiger charge is 2.34. The molecule has 4 nitrogen and oxygen atoms in total. The van der Waals surface area contributed by atoms with Gasteiger partial charge >= 0.3 is 0 Å². The van der Waals surface area contributed by atoms with Gasteiger partial charge in [-0.3, -0.25) is 4.79 Å². The Labute approximate surface area is 131 Å². The van der Waals surface area contributed by atoms with Crippen molar-refractivity contribution >= 4 is 16.7 Å². The number of aryl methyl sites for hydroxylation is 1. The summed E-state index contributed by atoms with van der Waals surface area (Å²) in [4.78, 5) is 17.7. The lowest BCUT2D eigenvalue weighted by molar-refractivity contribution is -0.928. The minimum atomic E-state index is -0.0493. The number of aromatic amines is 1. The second-order valence-electron chi connectivity index (χ2n) is 6.58. The number of para-hydroxylation sites is 1. The van der Waals surface area contributed by atoms with Gasteiger partial charge < -0.3 is 14.6 Å². The van der Waals surface area contributed by atoms with Gasteiger partial charge in [-0.25, -0.2) is 0 Å². The number of ketones is 1. The van der Waals surface area contributed by atoms with E-state index in [2.05, 4.69) is 18.8 Å². The molecule has 1 unspecified atom stereocenters. The van der Waals surface area contributed by atoms with E-state index in [4.69, 9.17) is 4.74 Å². The van der Waals surface area contributed by atoms with Crippen LogP contribution in [0.1, 0.15) is 36.8 Å². The number of benzene rings is 1. The minimum Gasteiger partial charge on any atom is -0.364 e. The van der Waals surface area contributed by atoms with Crippen LogP contribution < -0.4 is 4.90 Å². The zero-order valence-corrected chi connectivity index (χ0v) is 13.8. The minimum absolute atomic E-state index is 0.0493. The molecule has 0 radical (unpaired) electrons. The van der Waals surface area contributed by atoms with E-state index in [1.807, 2.05) is 38.1 Å². The number of aromatic nitrogens is 1. The summed E-state index contributed by atoms with van der Waals surface area (Å²) in [7, 11) is 0. The average molecular weight is 301 g/mol. The summed E-state index contributed by atoms with van der Waals surface area (Å²) in [6.07, 6.45) is 0.413. The molecule has 1 aliphatic heterocycles. The first-order chi connectivity index (χ1) is 10.5. The van der Waals surface area contributed by atoms with E-state index in [0.29, 0.717) is 0 Å². The molecule has 1 saturated heterocycles. The summed E-state index contributed by atoms with van der Waals surface area (Å²) in [6, 6.07) is 7.98. The standard InChI is InChI=1S/C18H24N2O2/c1-11-9-20(10-12(2)22-11)14(4)18(21)17-13(3)19-16-8-6-5-7-15(16)17/h5-8,11-12,14,19H,9-10H2,1-4H3/p+1/t11-,12+,14-/m1/s1. The first-order valence-electron chi connectivity index (χ1n) is 8.09. The maximum absolute atomic E-state index is 13.1. The third-order valence-corrected chi connectivity index (χ3v) is 4.71. The summed E-state index contributed by atoms with van der Waals surface area (Å²) in [5.74, 6) is 0.228. The van der Waals surface area contributed by atoms with Crippen molar-refractivity contribution in [3.05, 3.63) is 35.5 Å². The monoisotopic (exact) mass is 301 g/mol. The summed E-state index contributed by atoms with van der Waals surface area (Å²) >= 11 is 0. The van der Waals surface area contributed by atoms with Gasteiger partial charge in [-0.2, -0.15) is 0 Å². The molecular weight excluding hydrogens is 276 g/mol. The van der Waals surface area contributed by atoms with Gasteiger partial charge in [0.2, 0.25) is 5.78 Å². The smallest absolute Gasteiger partial charge is 0.222 e. The van der Waals surface area contributed by atoms with Gasteiger partial charge in [0.1, 0.15) is 31.3 Å². The van der Waals surface area contributed by atoms with Gasteiger partial charge in [0.15, 0.2) is 0 Å². The number of ether oxygens (including phenoxy) is 1. The van der Waals surface area contributed by atoms with E-state index >= 15 is 0 Å². The van der Waals surface area contributed by atoms with E-state index in [1.165, 1.54) is 4.90 Å². The number of Topliss-reactive ketones (excluding diaryl/α,β-unsaturated/α-hetero) is 1. The van der Waals surface area contributed by atoms with Crippen molar-refractivity contribution in [1.29, 1.82) is 0 Å².